The Bertz CT molecular complexity index is 321. The smallest absolute Gasteiger partial charge is 0.375 e. The summed E-state index contributed by atoms with van der Waals surface area (Å²) in [7, 11) is 0. The van der Waals surface area contributed by atoms with Gasteiger partial charge in [0.05, 0.1) is 5.75 Å². The monoisotopic (exact) mass is 220 g/mol. The highest BCUT2D eigenvalue weighted by Gasteiger charge is 2.38. The number of carbonyl (C=O) groups is 1. The fourth-order valence-electron chi connectivity index (χ4n) is 0.577. The van der Waals surface area contributed by atoms with Gasteiger partial charge in [0, 0.05) is 12.4 Å². The first-order valence-corrected chi connectivity index (χ1v) is 4.52. The molecule has 0 aliphatic carbocycles. The lowest BCUT2D eigenvalue weighted by Gasteiger charge is -2.08. The lowest BCUT2D eigenvalue weighted by molar-refractivity contribution is -0.161. The van der Waals surface area contributed by atoms with Gasteiger partial charge in [-0.05, 0) is 6.07 Å². The van der Waals surface area contributed by atoms with Crippen molar-refractivity contribution in [2.75, 3.05) is 5.75 Å². The Hall–Kier alpha value is -1.24. The Labute approximate surface area is 82.4 Å². The van der Waals surface area contributed by atoms with Crippen molar-refractivity contribution >= 4 is 17.7 Å². The maximum atomic E-state index is 12.6. The summed E-state index contributed by atoms with van der Waals surface area (Å²) in [5, 5.41) is 8.25. The zero-order valence-corrected chi connectivity index (χ0v) is 7.67. The van der Waals surface area contributed by atoms with Crippen LogP contribution in [0.25, 0.3) is 0 Å². The standard InChI is InChI=1S/C7H6F2N2O2S/c8-7(9,5(12)13)4-14-6-10-2-1-3-11-6/h1-3H,4H2,(H,12,13). The molecule has 1 aromatic heterocycles. The zero-order chi connectivity index (χ0) is 10.6. The molecule has 1 aromatic rings. The van der Waals surface area contributed by atoms with Crippen LogP contribution in [-0.2, 0) is 4.79 Å². The van der Waals surface area contributed by atoms with Crippen molar-refractivity contribution in [1.29, 1.82) is 0 Å². The molecular formula is C7H6F2N2O2S. The topological polar surface area (TPSA) is 63.1 Å². The Morgan fingerprint density at radius 2 is 2.07 bits per heavy atom. The molecule has 1 rings (SSSR count). The molecule has 0 fully saturated rings. The maximum absolute atomic E-state index is 12.6. The lowest BCUT2D eigenvalue weighted by Crippen LogP contribution is -2.30. The van der Waals surface area contributed by atoms with E-state index in [4.69, 9.17) is 5.11 Å². The summed E-state index contributed by atoms with van der Waals surface area (Å²) in [4.78, 5) is 17.4. The molecule has 0 amide bonds. The second-order valence-corrected chi connectivity index (χ2v) is 3.27. The predicted molar refractivity (Wildman–Crippen MR) is 45.3 cm³/mol. The van der Waals surface area contributed by atoms with Crippen molar-refractivity contribution in [2.24, 2.45) is 0 Å². The van der Waals surface area contributed by atoms with Gasteiger partial charge in [-0.15, -0.1) is 0 Å². The van der Waals surface area contributed by atoms with Gasteiger partial charge in [-0.2, -0.15) is 8.78 Å². The van der Waals surface area contributed by atoms with Crippen LogP contribution in [0.5, 0.6) is 0 Å². The van der Waals surface area contributed by atoms with Crippen LogP contribution in [-0.4, -0.2) is 32.7 Å². The quantitative estimate of drug-likeness (QED) is 0.611. The summed E-state index contributed by atoms with van der Waals surface area (Å²) in [6.07, 6.45) is 2.79. The van der Waals surface area contributed by atoms with Crippen LogP contribution in [0.3, 0.4) is 0 Å². The van der Waals surface area contributed by atoms with Gasteiger partial charge in [-0.25, -0.2) is 14.8 Å². The molecule has 76 valence electrons. The minimum absolute atomic E-state index is 0.133. The predicted octanol–water partition coefficient (Wildman–Crippen LogP) is 1.29. The number of rotatable bonds is 4. The molecule has 1 N–H and O–H groups in total. The molecule has 0 spiro atoms. The molecule has 7 heteroatoms. The van der Waals surface area contributed by atoms with E-state index in [1.54, 1.807) is 6.07 Å². The van der Waals surface area contributed by atoms with Gasteiger partial charge < -0.3 is 5.11 Å². The second kappa shape index (κ2) is 4.32. The first kappa shape index (κ1) is 10.8. The van der Waals surface area contributed by atoms with E-state index in [2.05, 4.69) is 9.97 Å². The van der Waals surface area contributed by atoms with Gasteiger partial charge in [-0.1, -0.05) is 11.8 Å². The van der Waals surface area contributed by atoms with Crippen LogP contribution in [0.2, 0.25) is 0 Å². The fourth-order valence-corrected chi connectivity index (χ4v) is 1.28. The van der Waals surface area contributed by atoms with Crippen LogP contribution < -0.4 is 0 Å². The maximum Gasteiger partial charge on any atom is 0.375 e. The largest absolute Gasteiger partial charge is 0.477 e. The SMILES string of the molecule is O=C(O)C(F)(F)CSc1ncccn1. The summed E-state index contributed by atoms with van der Waals surface area (Å²) in [6, 6.07) is 1.54. The van der Waals surface area contributed by atoms with E-state index in [-0.39, 0.29) is 5.16 Å². The number of carboxylic acid groups (broad SMARTS) is 1. The molecule has 0 radical (unpaired) electrons. The summed E-state index contributed by atoms with van der Waals surface area (Å²) in [6.45, 7) is 0. The van der Waals surface area contributed by atoms with Crippen LogP contribution in [0.4, 0.5) is 8.78 Å². The molecule has 4 nitrogen and oxygen atoms in total. The number of alkyl halides is 2. The van der Waals surface area contributed by atoms with Crippen molar-refractivity contribution in [3.63, 3.8) is 0 Å². The van der Waals surface area contributed by atoms with E-state index in [9.17, 15) is 13.6 Å². The molecule has 0 saturated heterocycles. The molecule has 0 aliphatic heterocycles. The summed E-state index contributed by atoms with van der Waals surface area (Å²) in [5.74, 6) is -6.75. The Morgan fingerprint density at radius 3 is 2.57 bits per heavy atom. The molecule has 0 aliphatic rings. The van der Waals surface area contributed by atoms with Gasteiger partial charge in [0.2, 0.25) is 0 Å². The van der Waals surface area contributed by atoms with Crippen molar-refractivity contribution < 1.29 is 18.7 Å². The number of hydrogen-bond acceptors (Lipinski definition) is 4. The molecule has 14 heavy (non-hydrogen) atoms. The van der Waals surface area contributed by atoms with E-state index in [0.29, 0.717) is 11.8 Å². The third kappa shape index (κ3) is 2.91. The lowest BCUT2D eigenvalue weighted by atomic mass is 10.4. The third-order valence-corrected chi connectivity index (χ3v) is 2.21. The van der Waals surface area contributed by atoms with E-state index in [1.165, 1.54) is 12.4 Å². The molecule has 0 bridgehead atoms. The van der Waals surface area contributed by atoms with Crippen molar-refractivity contribution in [3.8, 4) is 0 Å². The number of carboxylic acids is 1. The average Bonchev–Trinajstić information content (AvgIpc) is 2.16. The number of hydrogen-bond donors (Lipinski definition) is 1. The van der Waals surface area contributed by atoms with Crippen molar-refractivity contribution in [3.05, 3.63) is 18.5 Å². The normalized spacial score (nSPS) is 11.3. The minimum atomic E-state index is -3.75. The molecule has 0 atom stereocenters. The Morgan fingerprint density at radius 1 is 1.50 bits per heavy atom. The van der Waals surface area contributed by atoms with Gasteiger partial charge in [-0.3, -0.25) is 0 Å². The number of thioether (sulfide) groups is 1. The second-order valence-electron chi connectivity index (χ2n) is 2.33. The highest BCUT2D eigenvalue weighted by atomic mass is 32.2. The number of halogens is 2. The van der Waals surface area contributed by atoms with Gasteiger partial charge >= 0.3 is 11.9 Å². The minimum Gasteiger partial charge on any atom is -0.477 e. The summed E-state index contributed by atoms with van der Waals surface area (Å²) < 4.78 is 25.1. The molecule has 0 aromatic carbocycles. The zero-order valence-electron chi connectivity index (χ0n) is 6.85. The van der Waals surface area contributed by atoms with E-state index in [1.807, 2.05) is 0 Å². The summed E-state index contributed by atoms with van der Waals surface area (Å²) >= 11 is 0.603. The highest BCUT2D eigenvalue weighted by Crippen LogP contribution is 2.23. The van der Waals surface area contributed by atoms with E-state index in [0.717, 1.165) is 0 Å². The number of aromatic nitrogens is 2. The van der Waals surface area contributed by atoms with Crippen LogP contribution in [0, 0.1) is 0 Å². The van der Waals surface area contributed by atoms with Gasteiger partial charge in [0.15, 0.2) is 5.16 Å². The highest BCUT2D eigenvalue weighted by molar-refractivity contribution is 7.99. The van der Waals surface area contributed by atoms with Crippen molar-refractivity contribution in [2.45, 2.75) is 11.1 Å². The average molecular weight is 220 g/mol. The molecule has 0 unspecified atom stereocenters. The number of aliphatic carboxylic acids is 1. The Kier molecular flexibility index (Phi) is 3.34. The molecule has 0 saturated carbocycles. The first-order chi connectivity index (χ1) is 6.52. The van der Waals surface area contributed by atoms with Crippen LogP contribution in [0.1, 0.15) is 0 Å². The first-order valence-electron chi connectivity index (χ1n) is 3.53. The fraction of sp³-hybridized carbons (Fsp3) is 0.286. The number of nitrogens with zero attached hydrogens (tertiary/aromatic N) is 2. The van der Waals surface area contributed by atoms with Gasteiger partial charge in [0.25, 0.3) is 0 Å². The van der Waals surface area contributed by atoms with Crippen molar-refractivity contribution in [1.82, 2.24) is 9.97 Å². The molecule has 1 heterocycles. The third-order valence-electron chi connectivity index (χ3n) is 1.24. The Balaban J connectivity index is 2.53. The van der Waals surface area contributed by atoms with Crippen LogP contribution in [0.15, 0.2) is 23.6 Å². The molecular weight excluding hydrogens is 214 g/mol. The summed E-state index contributed by atoms with van der Waals surface area (Å²) in [5.41, 5.74) is 0. The van der Waals surface area contributed by atoms with Crippen LogP contribution >= 0.6 is 11.8 Å². The van der Waals surface area contributed by atoms with Gasteiger partial charge in [0.1, 0.15) is 0 Å². The van der Waals surface area contributed by atoms with E-state index < -0.39 is 17.6 Å². The van der Waals surface area contributed by atoms with E-state index >= 15 is 0 Å².